The second kappa shape index (κ2) is 14.5. The Morgan fingerprint density at radius 1 is 0.902 bits per heavy atom. The van der Waals surface area contributed by atoms with Gasteiger partial charge in [-0.15, -0.1) is 0 Å². The molecule has 2 unspecified atom stereocenters. The molecule has 41 heavy (non-hydrogen) atoms. The van der Waals surface area contributed by atoms with Crippen LogP contribution in [0.4, 0.5) is 4.79 Å². The first kappa shape index (κ1) is 34.9. The summed E-state index contributed by atoms with van der Waals surface area (Å²) in [6, 6.07) is 4.51. The zero-order valence-corrected chi connectivity index (χ0v) is 25.2. The monoisotopic (exact) mass is 576 g/mol. The molecular formula is C29H44N4O8. The molecule has 228 valence electrons. The molecule has 0 aliphatic rings. The topological polar surface area (TPSA) is 172 Å². The van der Waals surface area contributed by atoms with Gasteiger partial charge < -0.3 is 35.8 Å². The van der Waals surface area contributed by atoms with Crippen LogP contribution in [0, 0.1) is 0 Å². The summed E-state index contributed by atoms with van der Waals surface area (Å²) in [6.45, 7) is 17.0. The Kier molecular flexibility index (Phi) is 12.4. The molecule has 0 fully saturated rings. The van der Waals surface area contributed by atoms with Gasteiger partial charge in [0, 0.05) is 12.8 Å². The summed E-state index contributed by atoms with van der Waals surface area (Å²) in [5, 5.41) is 19.4. The third-order valence-electron chi connectivity index (χ3n) is 5.32. The first-order valence-electron chi connectivity index (χ1n) is 13.3. The number of benzene rings is 1. The maximum atomic E-state index is 13.4. The maximum absolute atomic E-state index is 13.4. The van der Waals surface area contributed by atoms with Crippen LogP contribution in [-0.2, 0) is 30.3 Å². The Bertz CT molecular complexity index is 1100. The lowest BCUT2D eigenvalue weighted by Gasteiger charge is -2.30. The van der Waals surface area contributed by atoms with E-state index in [0.29, 0.717) is 11.3 Å². The van der Waals surface area contributed by atoms with Crippen molar-refractivity contribution in [3.05, 3.63) is 42.6 Å². The molecule has 0 bridgehead atoms. The van der Waals surface area contributed by atoms with Crippen molar-refractivity contribution in [1.29, 1.82) is 0 Å². The largest absolute Gasteiger partial charge is 0.488 e. The molecule has 1 rings (SSSR count). The van der Waals surface area contributed by atoms with Crippen molar-refractivity contribution in [2.24, 2.45) is 0 Å². The predicted octanol–water partition coefficient (Wildman–Crippen LogP) is 2.80. The summed E-state index contributed by atoms with van der Waals surface area (Å²) in [6.07, 6.45) is 0.0659. The van der Waals surface area contributed by atoms with Crippen LogP contribution in [0.5, 0.6) is 5.75 Å². The Morgan fingerprint density at radius 3 is 1.98 bits per heavy atom. The fourth-order valence-electron chi connectivity index (χ4n) is 3.45. The minimum absolute atomic E-state index is 0.0642. The summed E-state index contributed by atoms with van der Waals surface area (Å²) in [7, 11) is 0. The third kappa shape index (κ3) is 13.7. The van der Waals surface area contributed by atoms with Gasteiger partial charge in [0.15, 0.2) is 0 Å². The van der Waals surface area contributed by atoms with Gasteiger partial charge in [-0.3, -0.25) is 14.4 Å². The summed E-state index contributed by atoms with van der Waals surface area (Å²) < 4.78 is 11.1. The van der Waals surface area contributed by atoms with Crippen LogP contribution in [-0.4, -0.2) is 63.7 Å². The molecule has 12 heteroatoms. The van der Waals surface area contributed by atoms with E-state index in [1.54, 1.807) is 45.0 Å². The quantitative estimate of drug-likeness (QED) is 0.238. The van der Waals surface area contributed by atoms with Crippen molar-refractivity contribution in [1.82, 2.24) is 21.3 Å². The number of amides is 4. The fourth-order valence-corrected chi connectivity index (χ4v) is 3.45. The van der Waals surface area contributed by atoms with Gasteiger partial charge in [0.05, 0.1) is 0 Å². The van der Waals surface area contributed by atoms with E-state index in [1.807, 2.05) is 20.8 Å². The van der Waals surface area contributed by atoms with E-state index in [-0.39, 0.29) is 19.3 Å². The standard InChI is InChI=1S/C29H44N4O8/c1-10-30-22(34)16-15-20(24(36)37)31-25(38)29(8,9)33-23(35)21(32-26(39)41-28(5,6)7)17-18-11-13-19(14-12-18)40-27(2,3)4/h10-14,20-21H,1,15-17H2,2-9H3,(H,30,34)(H,31,38)(H,32,39)(H,33,35)(H,36,37). The van der Waals surface area contributed by atoms with Crippen molar-refractivity contribution in [3.8, 4) is 5.75 Å². The minimum Gasteiger partial charge on any atom is -0.488 e. The van der Waals surface area contributed by atoms with Gasteiger partial charge in [-0.1, -0.05) is 18.7 Å². The Hall–Kier alpha value is -4.09. The van der Waals surface area contributed by atoms with Gasteiger partial charge in [0.2, 0.25) is 17.7 Å². The zero-order chi connectivity index (χ0) is 31.6. The first-order chi connectivity index (χ1) is 18.7. The molecule has 0 aliphatic carbocycles. The first-order valence-corrected chi connectivity index (χ1v) is 13.3. The summed E-state index contributed by atoms with van der Waals surface area (Å²) >= 11 is 0. The average molecular weight is 577 g/mol. The van der Waals surface area contributed by atoms with Gasteiger partial charge >= 0.3 is 12.1 Å². The number of rotatable bonds is 13. The zero-order valence-electron chi connectivity index (χ0n) is 25.2. The maximum Gasteiger partial charge on any atom is 0.408 e. The molecule has 5 N–H and O–H groups in total. The van der Waals surface area contributed by atoms with Gasteiger partial charge in [-0.2, -0.15) is 0 Å². The van der Waals surface area contributed by atoms with Crippen molar-refractivity contribution in [3.63, 3.8) is 0 Å². The van der Waals surface area contributed by atoms with Crippen molar-refractivity contribution in [2.45, 2.75) is 103 Å². The molecule has 0 saturated heterocycles. The molecule has 1 aromatic rings. The average Bonchev–Trinajstić information content (AvgIpc) is 2.79. The number of carbonyl (C=O) groups excluding carboxylic acids is 4. The SMILES string of the molecule is C=CNC(=O)CCC(NC(=O)C(C)(C)NC(=O)C(Cc1ccc(OC(C)(C)C)cc1)NC(=O)OC(C)(C)C)C(=O)O. The van der Waals surface area contributed by atoms with Crippen LogP contribution < -0.4 is 26.0 Å². The predicted molar refractivity (Wildman–Crippen MR) is 153 cm³/mol. The molecule has 0 spiro atoms. The highest BCUT2D eigenvalue weighted by molar-refractivity contribution is 5.95. The lowest BCUT2D eigenvalue weighted by atomic mass is 10.00. The third-order valence-corrected chi connectivity index (χ3v) is 5.32. The van der Waals surface area contributed by atoms with Crippen molar-refractivity contribution < 1.29 is 38.6 Å². The normalized spacial score (nSPS) is 13.2. The molecule has 0 aliphatic heterocycles. The Labute approximate surface area is 241 Å². The van der Waals surface area contributed by atoms with E-state index in [2.05, 4.69) is 27.8 Å². The highest BCUT2D eigenvalue weighted by atomic mass is 16.6. The highest BCUT2D eigenvalue weighted by Crippen LogP contribution is 2.19. The molecule has 0 saturated carbocycles. The smallest absolute Gasteiger partial charge is 0.408 e. The van der Waals surface area contributed by atoms with E-state index in [9.17, 15) is 29.1 Å². The van der Waals surface area contributed by atoms with Crippen LogP contribution >= 0.6 is 0 Å². The van der Waals surface area contributed by atoms with Crippen LogP contribution in [0.15, 0.2) is 37.0 Å². The van der Waals surface area contributed by atoms with Gasteiger partial charge in [0.25, 0.3) is 0 Å². The Balaban J connectivity index is 3.07. The number of alkyl carbamates (subject to hydrolysis) is 1. The van der Waals surface area contributed by atoms with Crippen molar-refractivity contribution >= 4 is 29.8 Å². The van der Waals surface area contributed by atoms with E-state index in [1.165, 1.54) is 20.0 Å². The number of hydrogen-bond donors (Lipinski definition) is 5. The number of carboxylic acids is 1. The molecule has 4 amide bonds. The van der Waals surface area contributed by atoms with E-state index >= 15 is 0 Å². The van der Waals surface area contributed by atoms with Gasteiger partial charge in [-0.05, 0) is 85.7 Å². The second-order valence-corrected chi connectivity index (χ2v) is 12.1. The lowest BCUT2D eigenvalue weighted by molar-refractivity contribution is -0.143. The molecule has 12 nitrogen and oxygen atoms in total. The van der Waals surface area contributed by atoms with Crippen LogP contribution in [0.3, 0.4) is 0 Å². The van der Waals surface area contributed by atoms with E-state index in [0.717, 1.165) is 0 Å². The van der Waals surface area contributed by atoms with Crippen LogP contribution in [0.1, 0.15) is 73.8 Å². The number of carbonyl (C=O) groups is 5. The summed E-state index contributed by atoms with van der Waals surface area (Å²) in [5.41, 5.74) is -2.09. The Morgan fingerprint density at radius 2 is 1.49 bits per heavy atom. The number of hydrogen-bond acceptors (Lipinski definition) is 7. The second-order valence-electron chi connectivity index (χ2n) is 12.1. The molecule has 0 heterocycles. The van der Waals surface area contributed by atoms with Crippen molar-refractivity contribution in [2.75, 3.05) is 0 Å². The summed E-state index contributed by atoms with van der Waals surface area (Å²) in [5.74, 6) is -2.64. The van der Waals surface area contributed by atoms with E-state index < -0.39 is 58.6 Å². The summed E-state index contributed by atoms with van der Waals surface area (Å²) in [4.78, 5) is 62.3. The molecule has 2 atom stereocenters. The molecule has 0 radical (unpaired) electrons. The van der Waals surface area contributed by atoms with Gasteiger partial charge in [-0.25, -0.2) is 9.59 Å². The fraction of sp³-hybridized carbons (Fsp3) is 0.552. The number of carboxylic acid groups (broad SMARTS) is 1. The van der Waals surface area contributed by atoms with Crippen LogP contribution in [0.25, 0.3) is 0 Å². The van der Waals surface area contributed by atoms with Gasteiger partial charge in [0.1, 0.15) is 34.6 Å². The molecular weight excluding hydrogens is 532 g/mol. The highest BCUT2D eigenvalue weighted by Gasteiger charge is 2.35. The number of ether oxygens (including phenoxy) is 2. The van der Waals surface area contributed by atoms with Crippen LogP contribution in [0.2, 0.25) is 0 Å². The number of aliphatic carboxylic acids is 1. The number of nitrogens with one attached hydrogen (secondary N) is 4. The lowest BCUT2D eigenvalue weighted by Crippen LogP contribution is -2.61. The molecule has 1 aromatic carbocycles. The van der Waals surface area contributed by atoms with E-state index in [4.69, 9.17) is 9.47 Å². The minimum atomic E-state index is -1.58. The molecule has 0 aromatic heterocycles.